The smallest absolute Gasteiger partial charge is 0.180 e. The van der Waals surface area contributed by atoms with Crippen LogP contribution in [-0.4, -0.2) is 11.7 Å². The van der Waals surface area contributed by atoms with Crippen molar-refractivity contribution in [3.63, 3.8) is 0 Å². The minimum atomic E-state index is -0.389. The number of halogens is 5. The Morgan fingerprint density at radius 2 is 1.64 bits per heavy atom. The molecule has 0 amide bonds. The lowest BCUT2D eigenvalue weighted by molar-refractivity contribution is 0.102. The number of carbonyl (C=O) groups excluding carboxylic acids is 1. The Balaban J connectivity index is 3.44. The topological polar surface area (TPSA) is 17.1 Å². The van der Waals surface area contributed by atoms with Gasteiger partial charge in [0.15, 0.2) is 5.78 Å². The minimum absolute atomic E-state index is 0.0369. The number of hydrogen-bond donors (Lipinski definition) is 0. The van der Waals surface area contributed by atoms with Gasteiger partial charge in [0.25, 0.3) is 0 Å². The normalized spacial score (nSPS) is 10.4. The van der Waals surface area contributed by atoms with Gasteiger partial charge in [-0.1, -0.05) is 46.4 Å². The van der Waals surface area contributed by atoms with Gasteiger partial charge in [-0.2, -0.15) is 0 Å². The third kappa shape index (κ3) is 2.29. The molecule has 6 heteroatoms. The highest BCUT2D eigenvalue weighted by molar-refractivity contribution is 6.51. The van der Waals surface area contributed by atoms with Crippen molar-refractivity contribution in [3.05, 3.63) is 31.7 Å². The molecule has 0 aromatic heterocycles. The number of ketones is 1. The van der Waals surface area contributed by atoms with Crippen molar-refractivity contribution in [1.82, 2.24) is 0 Å². The monoisotopic (exact) mass is 290 g/mol. The number of alkyl halides is 1. The van der Waals surface area contributed by atoms with Gasteiger partial charge < -0.3 is 0 Å². The summed E-state index contributed by atoms with van der Waals surface area (Å²) in [6.07, 6.45) is 0. The Morgan fingerprint density at radius 1 is 1.07 bits per heavy atom. The first-order valence-electron chi connectivity index (χ1n) is 3.41. The lowest BCUT2D eigenvalue weighted by Crippen LogP contribution is -2.02. The lowest BCUT2D eigenvalue weighted by Gasteiger charge is -2.07. The molecule has 0 radical (unpaired) electrons. The molecule has 0 fully saturated rings. The van der Waals surface area contributed by atoms with Gasteiger partial charge in [0.1, 0.15) is 0 Å². The molecule has 0 saturated carbocycles. The van der Waals surface area contributed by atoms with E-state index in [4.69, 9.17) is 58.0 Å². The fourth-order valence-corrected chi connectivity index (χ4v) is 2.15. The third-order valence-corrected chi connectivity index (χ3v) is 3.32. The summed E-state index contributed by atoms with van der Waals surface area (Å²) in [4.78, 5) is 11.3. The molecule has 1 aromatic rings. The van der Waals surface area contributed by atoms with Crippen LogP contribution in [0.4, 0.5) is 0 Å². The number of rotatable bonds is 2. The van der Waals surface area contributed by atoms with Crippen molar-refractivity contribution in [1.29, 1.82) is 0 Å². The van der Waals surface area contributed by atoms with Crippen LogP contribution in [0.25, 0.3) is 0 Å². The quantitative estimate of drug-likeness (QED) is 0.333. The highest BCUT2D eigenvalue weighted by atomic mass is 35.5. The number of Topliss-reactive ketones (excluding diaryl/α,β-unsaturated/α-hetero) is 1. The average Bonchev–Trinajstić information content (AvgIpc) is 2.14. The molecule has 0 atom stereocenters. The van der Waals surface area contributed by atoms with Gasteiger partial charge in [-0.3, -0.25) is 4.79 Å². The zero-order chi connectivity index (χ0) is 10.9. The predicted octanol–water partition coefficient (Wildman–Crippen LogP) is 4.72. The van der Waals surface area contributed by atoms with E-state index >= 15 is 0 Å². The van der Waals surface area contributed by atoms with E-state index in [1.54, 1.807) is 0 Å². The Bertz CT molecular complexity index is 388. The molecule has 0 bridgehead atoms. The largest absolute Gasteiger partial charge is 0.293 e. The molecule has 0 aliphatic rings. The molecule has 0 N–H and O–H groups in total. The molecule has 14 heavy (non-hydrogen) atoms. The summed E-state index contributed by atoms with van der Waals surface area (Å²) in [5.74, 6) is -0.600. The number of carbonyl (C=O) groups is 1. The van der Waals surface area contributed by atoms with Crippen LogP contribution in [0.2, 0.25) is 20.1 Å². The fourth-order valence-electron chi connectivity index (χ4n) is 0.889. The zero-order valence-electron chi connectivity index (χ0n) is 6.58. The Morgan fingerprint density at radius 3 is 2.14 bits per heavy atom. The summed E-state index contributed by atoms with van der Waals surface area (Å²) in [7, 11) is 0. The van der Waals surface area contributed by atoms with Crippen LogP contribution in [0.5, 0.6) is 0 Å². The predicted molar refractivity (Wildman–Crippen MR) is 61.5 cm³/mol. The van der Waals surface area contributed by atoms with Gasteiger partial charge in [0, 0.05) is 0 Å². The van der Waals surface area contributed by atoms with Gasteiger partial charge in [-0.05, 0) is 6.07 Å². The molecule has 0 aliphatic heterocycles. The van der Waals surface area contributed by atoms with Crippen LogP contribution in [0.3, 0.4) is 0 Å². The molecule has 1 aromatic carbocycles. The van der Waals surface area contributed by atoms with E-state index in [1.807, 2.05) is 0 Å². The summed E-state index contributed by atoms with van der Waals surface area (Å²) in [5.41, 5.74) is 0.109. The number of hydrogen-bond acceptors (Lipinski definition) is 1. The van der Waals surface area contributed by atoms with E-state index < -0.39 is 0 Å². The van der Waals surface area contributed by atoms with Crippen LogP contribution in [0.15, 0.2) is 6.07 Å². The van der Waals surface area contributed by atoms with Crippen molar-refractivity contribution in [2.45, 2.75) is 0 Å². The summed E-state index contributed by atoms with van der Waals surface area (Å²) < 4.78 is 0. The van der Waals surface area contributed by atoms with E-state index in [1.165, 1.54) is 6.07 Å². The lowest BCUT2D eigenvalue weighted by atomic mass is 10.1. The molecule has 0 saturated heterocycles. The standard InChI is InChI=1S/C8H3Cl5O/c9-2-5(14)6-3(10)1-4(11)7(12)8(6)13/h1H,2H2. The SMILES string of the molecule is O=C(CCl)c1c(Cl)cc(Cl)c(Cl)c1Cl. The first kappa shape index (κ1) is 12.4. The van der Waals surface area contributed by atoms with Gasteiger partial charge in [0.05, 0.1) is 31.5 Å². The summed E-state index contributed by atoms with van der Waals surface area (Å²) in [6, 6.07) is 1.36. The van der Waals surface area contributed by atoms with Crippen molar-refractivity contribution < 1.29 is 4.79 Å². The molecule has 1 nitrogen and oxygen atoms in total. The van der Waals surface area contributed by atoms with Gasteiger partial charge >= 0.3 is 0 Å². The molecular formula is C8H3Cl5O. The molecule has 1 rings (SSSR count). The molecule has 0 heterocycles. The van der Waals surface area contributed by atoms with E-state index in [0.717, 1.165) is 0 Å². The number of benzene rings is 1. The van der Waals surface area contributed by atoms with Crippen molar-refractivity contribution in [3.8, 4) is 0 Å². The summed E-state index contributed by atoms with van der Waals surface area (Å²) in [5, 5.41) is 0.490. The first-order valence-corrected chi connectivity index (χ1v) is 5.45. The summed E-state index contributed by atoms with van der Waals surface area (Å²) in [6.45, 7) is 0. The zero-order valence-corrected chi connectivity index (χ0v) is 10.4. The van der Waals surface area contributed by atoms with Gasteiger partial charge in [0.2, 0.25) is 0 Å². The summed E-state index contributed by atoms with van der Waals surface area (Å²) >= 11 is 28.4. The second-order valence-electron chi connectivity index (χ2n) is 2.40. The Labute approximate surface area is 106 Å². The van der Waals surface area contributed by atoms with E-state index in [2.05, 4.69) is 0 Å². The maximum Gasteiger partial charge on any atom is 0.180 e. The molecule has 0 unspecified atom stereocenters. The highest BCUT2D eigenvalue weighted by Gasteiger charge is 2.18. The van der Waals surface area contributed by atoms with Crippen LogP contribution in [-0.2, 0) is 0 Å². The second kappa shape index (κ2) is 4.91. The maximum absolute atomic E-state index is 11.3. The molecule has 0 aliphatic carbocycles. The van der Waals surface area contributed by atoms with Crippen molar-refractivity contribution >= 4 is 63.8 Å². The fraction of sp³-hybridized carbons (Fsp3) is 0.125. The van der Waals surface area contributed by atoms with Gasteiger partial charge in [-0.15, -0.1) is 11.6 Å². The minimum Gasteiger partial charge on any atom is -0.293 e. The highest BCUT2D eigenvalue weighted by Crippen LogP contribution is 2.37. The van der Waals surface area contributed by atoms with Gasteiger partial charge in [-0.25, -0.2) is 0 Å². The molecule has 0 spiro atoms. The van der Waals surface area contributed by atoms with Crippen LogP contribution in [0.1, 0.15) is 10.4 Å². The molecular weight excluding hydrogens is 289 g/mol. The maximum atomic E-state index is 11.3. The van der Waals surface area contributed by atoms with Crippen molar-refractivity contribution in [2.24, 2.45) is 0 Å². The first-order chi connectivity index (χ1) is 6.49. The van der Waals surface area contributed by atoms with Crippen molar-refractivity contribution in [2.75, 3.05) is 5.88 Å². The second-order valence-corrected chi connectivity index (χ2v) is 4.24. The van der Waals surface area contributed by atoms with E-state index in [0.29, 0.717) is 0 Å². The molecule has 76 valence electrons. The average molecular weight is 292 g/mol. The Kier molecular flexibility index (Phi) is 4.35. The van der Waals surface area contributed by atoms with Crippen LogP contribution < -0.4 is 0 Å². The van der Waals surface area contributed by atoms with Crippen LogP contribution in [0, 0.1) is 0 Å². The Hall–Kier alpha value is 0.340. The van der Waals surface area contributed by atoms with E-state index in [9.17, 15) is 4.79 Å². The van der Waals surface area contributed by atoms with E-state index in [-0.39, 0.29) is 37.3 Å². The third-order valence-electron chi connectivity index (χ3n) is 1.51. The van der Waals surface area contributed by atoms with Crippen LogP contribution >= 0.6 is 58.0 Å².